The first-order valence-electron chi connectivity index (χ1n) is 14.0. The Kier molecular flexibility index (Phi) is 8.99. The molecule has 2 atom stereocenters. The smallest absolute Gasteiger partial charge is 0.410 e. The fourth-order valence-electron chi connectivity index (χ4n) is 4.95. The second kappa shape index (κ2) is 13.0. The average molecular weight is 556 g/mol. The lowest BCUT2D eigenvalue weighted by atomic mass is 9.87. The highest BCUT2D eigenvalue weighted by Gasteiger charge is 2.35. The highest BCUT2D eigenvalue weighted by Crippen LogP contribution is 2.33. The summed E-state index contributed by atoms with van der Waals surface area (Å²) in [5.74, 6) is 0.882. The van der Waals surface area contributed by atoms with Crippen LogP contribution in [0.2, 0.25) is 0 Å². The molecule has 0 bridgehead atoms. The number of rotatable bonds is 9. The largest absolute Gasteiger partial charge is 0.490 e. The number of fused-ring (bicyclic) bond motifs is 1. The number of benzene rings is 3. The Bertz CT molecular complexity index is 1420. The van der Waals surface area contributed by atoms with E-state index < -0.39 is 5.60 Å². The van der Waals surface area contributed by atoms with Gasteiger partial charge in [-0.3, -0.25) is 0 Å². The minimum atomic E-state index is -0.551. The molecule has 214 valence electrons. The molecule has 1 aromatic heterocycles. The summed E-state index contributed by atoms with van der Waals surface area (Å²) in [6, 6.07) is 24.9. The van der Waals surface area contributed by atoms with Crippen LogP contribution in [0.15, 0.2) is 85.2 Å². The number of likely N-dealkylation sites (tertiary alicyclic amines) is 1. The van der Waals surface area contributed by atoms with Gasteiger partial charge in [0.15, 0.2) is 0 Å². The van der Waals surface area contributed by atoms with Crippen molar-refractivity contribution in [3.05, 3.63) is 96.3 Å². The number of ether oxygens (including phenoxy) is 4. The SMILES string of the molecule is CC(C)(C)OC(=O)N1CCC(c2ccc(OCCOc3ncccn3)cc2)C(OCc2ccc3ccccc3c2)C1. The van der Waals surface area contributed by atoms with Crippen molar-refractivity contribution in [3.8, 4) is 11.8 Å². The highest BCUT2D eigenvalue weighted by molar-refractivity contribution is 5.82. The van der Waals surface area contributed by atoms with Gasteiger partial charge in [0.05, 0.1) is 19.3 Å². The highest BCUT2D eigenvalue weighted by atomic mass is 16.6. The molecule has 0 N–H and O–H groups in total. The third-order valence-corrected chi connectivity index (χ3v) is 6.92. The van der Waals surface area contributed by atoms with Gasteiger partial charge in [0.2, 0.25) is 0 Å². The number of piperidine rings is 1. The monoisotopic (exact) mass is 555 g/mol. The molecule has 41 heavy (non-hydrogen) atoms. The number of hydrogen-bond acceptors (Lipinski definition) is 7. The van der Waals surface area contributed by atoms with Gasteiger partial charge in [0.1, 0.15) is 24.6 Å². The number of amides is 1. The lowest BCUT2D eigenvalue weighted by molar-refractivity contribution is -0.0359. The van der Waals surface area contributed by atoms with E-state index in [9.17, 15) is 4.79 Å². The van der Waals surface area contributed by atoms with E-state index in [1.165, 1.54) is 10.8 Å². The van der Waals surface area contributed by atoms with E-state index >= 15 is 0 Å². The molecular formula is C33H37N3O5. The van der Waals surface area contributed by atoms with Crippen LogP contribution in [0, 0.1) is 0 Å². The van der Waals surface area contributed by atoms with Gasteiger partial charge in [-0.05, 0) is 73.4 Å². The first-order chi connectivity index (χ1) is 19.8. The van der Waals surface area contributed by atoms with Crippen LogP contribution in [-0.2, 0) is 16.1 Å². The molecule has 0 radical (unpaired) electrons. The van der Waals surface area contributed by atoms with Crippen LogP contribution >= 0.6 is 0 Å². The summed E-state index contributed by atoms with van der Waals surface area (Å²) in [6.45, 7) is 7.91. The molecule has 1 saturated heterocycles. The van der Waals surface area contributed by atoms with Crippen LogP contribution in [0.5, 0.6) is 11.8 Å². The molecular weight excluding hydrogens is 518 g/mol. The van der Waals surface area contributed by atoms with Gasteiger partial charge < -0.3 is 23.8 Å². The molecule has 4 aromatic rings. The first-order valence-corrected chi connectivity index (χ1v) is 14.0. The van der Waals surface area contributed by atoms with E-state index in [0.29, 0.717) is 38.9 Å². The predicted molar refractivity (Wildman–Crippen MR) is 157 cm³/mol. The van der Waals surface area contributed by atoms with E-state index in [1.54, 1.807) is 23.4 Å². The van der Waals surface area contributed by atoms with Gasteiger partial charge in [0.25, 0.3) is 0 Å². The summed E-state index contributed by atoms with van der Waals surface area (Å²) in [6.07, 6.45) is 3.56. The zero-order chi connectivity index (χ0) is 28.7. The van der Waals surface area contributed by atoms with E-state index in [4.69, 9.17) is 18.9 Å². The molecule has 2 heterocycles. The zero-order valence-corrected chi connectivity index (χ0v) is 23.9. The minimum absolute atomic E-state index is 0.127. The van der Waals surface area contributed by atoms with Crippen molar-refractivity contribution in [2.24, 2.45) is 0 Å². The van der Waals surface area contributed by atoms with Crippen LogP contribution in [0.25, 0.3) is 10.8 Å². The maximum absolute atomic E-state index is 12.9. The molecule has 5 rings (SSSR count). The molecule has 8 heteroatoms. The standard InChI is InChI=1S/C33H37N3O5/c1-33(2,3)41-32(37)36-18-15-29(30(22-36)40-23-24-9-10-25-7-4-5-8-27(25)21-24)26-11-13-28(14-12-26)38-19-20-39-31-34-16-6-17-35-31/h4-14,16-17,21,29-30H,15,18-20,22-23H2,1-3H3. The lowest BCUT2D eigenvalue weighted by Gasteiger charge is -2.39. The molecule has 1 amide bonds. The second-order valence-corrected chi connectivity index (χ2v) is 11.1. The van der Waals surface area contributed by atoms with Crippen LogP contribution in [0.4, 0.5) is 4.79 Å². The van der Waals surface area contributed by atoms with Gasteiger partial charge in [-0.25, -0.2) is 14.8 Å². The predicted octanol–water partition coefficient (Wildman–Crippen LogP) is 6.40. The molecule has 0 saturated carbocycles. The summed E-state index contributed by atoms with van der Waals surface area (Å²) in [5, 5.41) is 2.38. The van der Waals surface area contributed by atoms with Gasteiger partial charge in [-0.1, -0.05) is 48.5 Å². The van der Waals surface area contributed by atoms with Crippen molar-refractivity contribution in [1.82, 2.24) is 14.9 Å². The van der Waals surface area contributed by atoms with Crippen molar-refractivity contribution in [3.63, 3.8) is 0 Å². The third kappa shape index (κ3) is 7.95. The Labute approximate surface area is 241 Å². The maximum atomic E-state index is 12.9. The topological polar surface area (TPSA) is 83.0 Å². The maximum Gasteiger partial charge on any atom is 0.410 e. The molecule has 0 aliphatic carbocycles. The lowest BCUT2D eigenvalue weighted by Crippen LogP contribution is -2.48. The van der Waals surface area contributed by atoms with Crippen molar-refractivity contribution >= 4 is 16.9 Å². The Morgan fingerprint density at radius 1 is 0.902 bits per heavy atom. The first kappa shape index (κ1) is 28.4. The quantitative estimate of drug-likeness (QED) is 0.221. The van der Waals surface area contributed by atoms with Crippen LogP contribution < -0.4 is 9.47 Å². The fourth-order valence-corrected chi connectivity index (χ4v) is 4.95. The van der Waals surface area contributed by atoms with Gasteiger partial charge >= 0.3 is 12.1 Å². The number of aromatic nitrogens is 2. The molecule has 1 aliphatic heterocycles. The molecule has 1 fully saturated rings. The molecule has 1 aliphatic rings. The molecule has 3 aromatic carbocycles. The molecule has 8 nitrogen and oxygen atoms in total. The Morgan fingerprint density at radius 2 is 1.63 bits per heavy atom. The van der Waals surface area contributed by atoms with E-state index in [0.717, 1.165) is 23.3 Å². The summed E-state index contributed by atoms with van der Waals surface area (Å²) >= 11 is 0. The number of carbonyl (C=O) groups is 1. The van der Waals surface area contributed by atoms with Gasteiger partial charge in [0, 0.05) is 24.9 Å². The van der Waals surface area contributed by atoms with Crippen molar-refractivity contribution in [1.29, 1.82) is 0 Å². The number of nitrogens with zero attached hydrogens (tertiary/aromatic N) is 3. The summed E-state index contributed by atoms with van der Waals surface area (Å²) < 4.78 is 23.6. The molecule has 2 unspecified atom stereocenters. The van der Waals surface area contributed by atoms with Gasteiger partial charge in [-0.2, -0.15) is 0 Å². The molecule has 0 spiro atoms. The summed E-state index contributed by atoms with van der Waals surface area (Å²) in [7, 11) is 0. The Morgan fingerprint density at radius 3 is 2.39 bits per heavy atom. The van der Waals surface area contributed by atoms with Crippen LogP contribution in [0.1, 0.15) is 44.2 Å². The third-order valence-electron chi connectivity index (χ3n) is 6.92. The normalized spacial score (nSPS) is 17.3. The Balaban J connectivity index is 1.24. The van der Waals surface area contributed by atoms with Crippen LogP contribution in [0.3, 0.4) is 0 Å². The number of hydrogen-bond donors (Lipinski definition) is 0. The second-order valence-electron chi connectivity index (χ2n) is 11.1. The zero-order valence-electron chi connectivity index (χ0n) is 23.9. The summed E-state index contributed by atoms with van der Waals surface area (Å²) in [4.78, 5) is 22.7. The minimum Gasteiger partial charge on any atom is -0.490 e. The van der Waals surface area contributed by atoms with Crippen molar-refractivity contribution in [2.45, 2.75) is 51.4 Å². The summed E-state index contributed by atoms with van der Waals surface area (Å²) in [5.41, 5.74) is 1.70. The van der Waals surface area contributed by atoms with Crippen LogP contribution in [-0.4, -0.2) is 59.0 Å². The van der Waals surface area contributed by atoms with Crippen molar-refractivity contribution in [2.75, 3.05) is 26.3 Å². The Hall–Kier alpha value is -4.17. The fraction of sp³-hybridized carbons (Fsp3) is 0.364. The van der Waals surface area contributed by atoms with Crippen molar-refractivity contribution < 1.29 is 23.7 Å². The van der Waals surface area contributed by atoms with E-state index in [-0.39, 0.29) is 18.1 Å². The van der Waals surface area contributed by atoms with Gasteiger partial charge in [-0.15, -0.1) is 0 Å². The van der Waals surface area contributed by atoms with E-state index in [2.05, 4.69) is 52.4 Å². The van der Waals surface area contributed by atoms with E-state index in [1.807, 2.05) is 45.0 Å². The average Bonchev–Trinajstić information content (AvgIpc) is 2.98. The number of carbonyl (C=O) groups excluding carboxylic acids is 1.